The van der Waals surface area contributed by atoms with Crippen LogP contribution in [0.15, 0.2) is 4.99 Å². The number of urea groups is 1. The smallest absolute Gasteiger partial charge is 0.383 e. The van der Waals surface area contributed by atoms with E-state index in [9.17, 15) is 9.59 Å². The van der Waals surface area contributed by atoms with Gasteiger partial charge in [0.1, 0.15) is 11.4 Å². The molecule has 136 valence electrons. The molecule has 0 saturated carbocycles. The number of imidazole rings is 1. The number of aromatic nitrogens is 2. The Balaban J connectivity index is 2.05. The monoisotopic (exact) mass is 350 g/mol. The van der Waals surface area contributed by atoms with Gasteiger partial charge in [-0.3, -0.25) is 14.6 Å². The summed E-state index contributed by atoms with van der Waals surface area (Å²) in [5, 5.41) is 0. The second-order valence-corrected chi connectivity index (χ2v) is 6.18. The number of carbonyl (C=O) groups excluding carboxylic acids is 2. The first kappa shape index (κ1) is 17.6. The van der Waals surface area contributed by atoms with E-state index in [-0.39, 0.29) is 18.5 Å². The van der Waals surface area contributed by atoms with Crippen molar-refractivity contribution in [2.45, 2.75) is 26.4 Å². The molecule has 3 amide bonds. The molecule has 1 unspecified atom stereocenters. The van der Waals surface area contributed by atoms with Crippen molar-refractivity contribution in [3.63, 3.8) is 0 Å². The zero-order valence-corrected chi connectivity index (χ0v) is 15.3. The molecule has 9 nitrogen and oxygen atoms in total. The topological polar surface area (TPSA) is 80.2 Å². The van der Waals surface area contributed by atoms with Gasteiger partial charge in [0, 0.05) is 21.3 Å². The van der Waals surface area contributed by atoms with Gasteiger partial charge < -0.3 is 9.47 Å². The average Bonchev–Trinajstić information content (AvgIpc) is 3.09. The minimum Gasteiger partial charge on any atom is -0.383 e. The van der Waals surface area contributed by atoms with Crippen molar-refractivity contribution in [1.29, 1.82) is 0 Å². The Morgan fingerprint density at radius 1 is 1.16 bits per heavy atom. The van der Waals surface area contributed by atoms with Crippen molar-refractivity contribution < 1.29 is 23.6 Å². The van der Waals surface area contributed by atoms with Crippen molar-refractivity contribution in [3.05, 3.63) is 11.4 Å². The third kappa shape index (κ3) is 2.54. The number of imide groups is 1. The van der Waals surface area contributed by atoms with Crippen LogP contribution in [-0.2, 0) is 20.8 Å². The van der Waals surface area contributed by atoms with Crippen LogP contribution in [0, 0.1) is 13.8 Å². The van der Waals surface area contributed by atoms with Crippen LogP contribution in [0.3, 0.4) is 0 Å². The van der Waals surface area contributed by atoms with E-state index in [1.54, 1.807) is 21.3 Å². The number of ether oxygens (including phenoxy) is 2. The third-order valence-corrected chi connectivity index (χ3v) is 4.86. The first-order valence-electron chi connectivity index (χ1n) is 8.20. The van der Waals surface area contributed by atoms with Gasteiger partial charge >= 0.3 is 12.0 Å². The summed E-state index contributed by atoms with van der Waals surface area (Å²) in [6, 6.07) is -0.988. The maximum atomic E-state index is 13.0. The molecule has 1 saturated heterocycles. The summed E-state index contributed by atoms with van der Waals surface area (Å²) in [4.78, 5) is 32.8. The quantitative estimate of drug-likeness (QED) is 0.685. The largest absolute Gasteiger partial charge is 0.402 e. The first-order valence-corrected chi connectivity index (χ1v) is 8.20. The van der Waals surface area contributed by atoms with E-state index >= 15 is 0 Å². The highest BCUT2D eigenvalue weighted by Gasteiger charge is 2.53. The zero-order chi connectivity index (χ0) is 18.3. The second kappa shape index (κ2) is 6.57. The number of hydrogen-bond donors (Lipinski definition) is 0. The van der Waals surface area contributed by atoms with Crippen LogP contribution < -0.4 is 4.57 Å². The van der Waals surface area contributed by atoms with Crippen LogP contribution in [0.5, 0.6) is 0 Å². The van der Waals surface area contributed by atoms with E-state index < -0.39 is 6.04 Å². The highest BCUT2D eigenvalue weighted by atomic mass is 16.5. The first-order chi connectivity index (χ1) is 11.9. The van der Waals surface area contributed by atoms with Crippen molar-refractivity contribution in [2.24, 2.45) is 4.99 Å². The zero-order valence-electron chi connectivity index (χ0n) is 15.3. The summed E-state index contributed by atoms with van der Waals surface area (Å²) < 4.78 is 14.1. The van der Waals surface area contributed by atoms with E-state index in [4.69, 9.17) is 9.47 Å². The third-order valence-electron chi connectivity index (χ3n) is 4.86. The van der Waals surface area contributed by atoms with E-state index in [1.807, 2.05) is 23.0 Å². The van der Waals surface area contributed by atoms with Crippen LogP contribution in [0.4, 0.5) is 10.7 Å². The predicted molar refractivity (Wildman–Crippen MR) is 88.9 cm³/mol. The minimum atomic E-state index is -0.614. The number of aliphatic imine (C=N–C) groups is 1. The Bertz CT molecular complexity index is 754. The molecule has 1 aromatic rings. The molecule has 0 aromatic carbocycles. The number of rotatable bonds is 6. The van der Waals surface area contributed by atoms with Gasteiger partial charge in [0.15, 0.2) is 0 Å². The molecular formula is C16H24N5O4+. The Morgan fingerprint density at radius 3 is 2.48 bits per heavy atom. The maximum absolute atomic E-state index is 13.0. The van der Waals surface area contributed by atoms with Crippen molar-refractivity contribution in [3.8, 4) is 0 Å². The van der Waals surface area contributed by atoms with Gasteiger partial charge in [-0.05, 0) is 13.8 Å². The van der Waals surface area contributed by atoms with Gasteiger partial charge in [-0.25, -0.2) is 13.9 Å². The number of nitrogens with zero attached hydrogens (tertiary/aromatic N) is 5. The van der Waals surface area contributed by atoms with Crippen molar-refractivity contribution in [2.75, 3.05) is 41.0 Å². The molecule has 2 aliphatic heterocycles. The standard InChI is InChI=1S/C16H24N5O4/c1-10-11(2)21-12-13(17-15(21)19(10)6-8-24-4)18(3)16(23)20(14(12)22)7-9-25-5/h12H,6-9H2,1-5H3/q+1. The maximum Gasteiger partial charge on any atom is 0.402 e. The number of hydrogen-bond acceptors (Lipinski definition) is 5. The summed E-state index contributed by atoms with van der Waals surface area (Å²) in [5.74, 6) is 0.871. The van der Waals surface area contributed by atoms with E-state index in [1.165, 1.54) is 9.80 Å². The number of likely N-dealkylation sites (N-methyl/N-ethyl adjacent to an activating group) is 1. The molecule has 0 spiro atoms. The van der Waals surface area contributed by atoms with Gasteiger partial charge in [-0.15, -0.1) is 0 Å². The van der Waals surface area contributed by atoms with Gasteiger partial charge in [0.2, 0.25) is 11.9 Å². The SMILES string of the molecule is COCCN1C(=O)C2C(=Nc3n2c(C)c(C)[n+]3CCOC)N(C)C1=O. The molecule has 0 bridgehead atoms. The Kier molecular flexibility index (Phi) is 4.61. The van der Waals surface area contributed by atoms with E-state index in [2.05, 4.69) is 4.99 Å². The van der Waals surface area contributed by atoms with Crippen LogP contribution in [0.2, 0.25) is 0 Å². The molecule has 0 aliphatic carbocycles. The molecule has 0 N–H and O–H groups in total. The Morgan fingerprint density at radius 2 is 1.84 bits per heavy atom. The molecule has 1 fully saturated rings. The van der Waals surface area contributed by atoms with Crippen molar-refractivity contribution >= 4 is 23.7 Å². The fourth-order valence-electron chi connectivity index (χ4n) is 3.34. The van der Waals surface area contributed by atoms with Gasteiger partial charge in [0.25, 0.3) is 5.91 Å². The Hall–Kier alpha value is -2.26. The van der Waals surface area contributed by atoms with E-state index in [0.29, 0.717) is 31.5 Å². The molecule has 1 aromatic heterocycles. The summed E-state index contributed by atoms with van der Waals surface area (Å²) in [5.41, 5.74) is 1.99. The summed E-state index contributed by atoms with van der Waals surface area (Å²) in [6.45, 7) is 5.66. The van der Waals surface area contributed by atoms with Crippen LogP contribution in [0.1, 0.15) is 17.4 Å². The molecular weight excluding hydrogens is 326 g/mol. The minimum absolute atomic E-state index is 0.223. The lowest BCUT2D eigenvalue weighted by Crippen LogP contribution is -2.58. The van der Waals surface area contributed by atoms with E-state index in [0.717, 1.165) is 11.4 Å². The highest BCUT2D eigenvalue weighted by Crippen LogP contribution is 2.34. The van der Waals surface area contributed by atoms with Crippen LogP contribution in [0.25, 0.3) is 0 Å². The Labute approximate surface area is 146 Å². The summed E-state index contributed by atoms with van der Waals surface area (Å²) >= 11 is 0. The fraction of sp³-hybridized carbons (Fsp3) is 0.625. The number of fused-ring (bicyclic) bond motifs is 3. The number of carbonyl (C=O) groups is 2. The predicted octanol–water partition coefficient (Wildman–Crippen LogP) is 0.164. The molecule has 2 aliphatic rings. The van der Waals surface area contributed by atoms with Gasteiger partial charge in [0.05, 0.1) is 26.3 Å². The molecule has 3 heterocycles. The average molecular weight is 350 g/mol. The summed E-state index contributed by atoms with van der Waals surface area (Å²) in [6.07, 6.45) is 0. The molecule has 9 heteroatoms. The number of amides is 3. The molecule has 1 atom stereocenters. The normalized spacial score (nSPS) is 19.4. The van der Waals surface area contributed by atoms with Gasteiger partial charge in [-0.1, -0.05) is 4.99 Å². The van der Waals surface area contributed by atoms with Gasteiger partial charge in [-0.2, -0.15) is 0 Å². The van der Waals surface area contributed by atoms with Crippen molar-refractivity contribution in [1.82, 2.24) is 14.4 Å². The lowest BCUT2D eigenvalue weighted by molar-refractivity contribution is -0.690. The van der Waals surface area contributed by atoms with Crippen LogP contribution in [-0.4, -0.2) is 73.2 Å². The molecule has 25 heavy (non-hydrogen) atoms. The highest BCUT2D eigenvalue weighted by molar-refractivity contribution is 6.20. The second-order valence-electron chi connectivity index (χ2n) is 6.18. The number of amidine groups is 1. The molecule has 0 radical (unpaired) electrons. The molecule has 3 rings (SSSR count). The summed E-state index contributed by atoms with van der Waals surface area (Å²) in [7, 11) is 4.84. The lowest BCUT2D eigenvalue weighted by atomic mass is 10.1. The fourth-order valence-corrected chi connectivity index (χ4v) is 3.34. The van der Waals surface area contributed by atoms with Crippen LogP contribution >= 0.6 is 0 Å². The lowest BCUT2D eigenvalue weighted by Gasteiger charge is -2.33. The number of methoxy groups -OCH3 is 2.